The number of rotatable bonds is 5. The first kappa shape index (κ1) is 17.7. The Labute approximate surface area is 123 Å². The third-order valence-electron chi connectivity index (χ3n) is 2.92. The Morgan fingerprint density at radius 3 is 2.55 bits per heavy atom. The molecule has 1 amide bonds. The number of benzene rings is 1. The van der Waals surface area contributed by atoms with Crippen molar-refractivity contribution in [1.82, 2.24) is 4.90 Å². The first-order chi connectivity index (χ1) is 10.1. The molecule has 1 aromatic rings. The first-order valence-corrected chi connectivity index (χ1v) is 6.15. The highest BCUT2D eigenvalue weighted by molar-refractivity contribution is 5.99. The highest BCUT2D eigenvalue weighted by Crippen LogP contribution is 2.24. The molecule has 0 aromatic heterocycles. The summed E-state index contributed by atoms with van der Waals surface area (Å²) in [6, 6.07) is 3.09. The molecule has 0 spiro atoms. The predicted octanol–water partition coefficient (Wildman–Crippen LogP) is 1.56. The van der Waals surface area contributed by atoms with Crippen LogP contribution in [0.2, 0.25) is 0 Å². The Balaban J connectivity index is 3.07. The number of hydrogen-bond acceptors (Lipinski definition) is 5. The van der Waals surface area contributed by atoms with Crippen LogP contribution >= 0.6 is 0 Å². The van der Waals surface area contributed by atoms with Gasteiger partial charge in [0.2, 0.25) is 0 Å². The number of nitro benzene ring substituents is 1. The average Bonchev–Trinajstić information content (AvgIpc) is 2.42. The zero-order valence-corrected chi connectivity index (χ0v) is 11.5. The molecule has 0 saturated heterocycles. The normalized spacial score (nSPS) is 12.8. The maximum absolute atomic E-state index is 12.4. The van der Waals surface area contributed by atoms with E-state index in [1.54, 1.807) is 0 Å². The minimum Gasteiger partial charge on any atom is -0.398 e. The number of carbonyl (C=O) groups is 1. The molecule has 7 nitrogen and oxygen atoms in total. The second-order valence-corrected chi connectivity index (χ2v) is 4.43. The zero-order valence-electron chi connectivity index (χ0n) is 11.5. The number of aliphatic hydroxyl groups excluding tert-OH is 1. The van der Waals surface area contributed by atoms with Crippen molar-refractivity contribution in [1.29, 1.82) is 0 Å². The van der Waals surface area contributed by atoms with Crippen molar-refractivity contribution in [2.75, 3.05) is 18.8 Å². The molecule has 1 aromatic carbocycles. The standard InChI is InChI=1S/C12H14F3N3O4/c1-2-17(6-10(19)12(13,14)15)11(20)8-5-7(18(21)22)3-4-9(8)16/h3-5,10,19H,2,6,16H2,1H3/t10-/m1/s1. The molecule has 0 aliphatic carbocycles. The SMILES string of the molecule is CCN(C[C@@H](O)C(F)(F)F)C(=O)c1cc([N+](=O)[O-])ccc1N. The highest BCUT2D eigenvalue weighted by Gasteiger charge is 2.40. The fourth-order valence-corrected chi connectivity index (χ4v) is 1.68. The lowest BCUT2D eigenvalue weighted by Crippen LogP contribution is -2.43. The molecule has 1 atom stereocenters. The van der Waals surface area contributed by atoms with Crippen molar-refractivity contribution in [3.05, 3.63) is 33.9 Å². The van der Waals surface area contributed by atoms with Crippen LogP contribution in [0.1, 0.15) is 17.3 Å². The van der Waals surface area contributed by atoms with Crippen molar-refractivity contribution in [3.63, 3.8) is 0 Å². The number of alkyl halides is 3. The van der Waals surface area contributed by atoms with Crippen LogP contribution in [-0.2, 0) is 0 Å². The summed E-state index contributed by atoms with van der Waals surface area (Å²) in [6.45, 7) is 0.295. The number of nitro groups is 1. The summed E-state index contributed by atoms with van der Waals surface area (Å²) in [4.78, 5) is 22.8. The summed E-state index contributed by atoms with van der Waals surface area (Å²) in [7, 11) is 0. The molecule has 3 N–H and O–H groups in total. The number of aliphatic hydroxyl groups is 1. The Morgan fingerprint density at radius 1 is 1.50 bits per heavy atom. The minimum atomic E-state index is -4.87. The summed E-state index contributed by atoms with van der Waals surface area (Å²) in [5.41, 5.74) is 4.74. The van der Waals surface area contributed by atoms with E-state index in [0.29, 0.717) is 4.90 Å². The summed E-state index contributed by atoms with van der Waals surface area (Å²) in [5, 5.41) is 19.7. The zero-order chi connectivity index (χ0) is 17.1. The number of anilines is 1. The Kier molecular flexibility index (Phi) is 5.31. The number of halogens is 3. The molecule has 10 heteroatoms. The molecule has 0 radical (unpaired) electrons. The third kappa shape index (κ3) is 4.07. The molecule has 22 heavy (non-hydrogen) atoms. The summed E-state index contributed by atoms with van der Waals surface area (Å²) >= 11 is 0. The van der Waals surface area contributed by atoms with Crippen LogP contribution in [-0.4, -0.2) is 46.2 Å². The van der Waals surface area contributed by atoms with Crippen LogP contribution in [0, 0.1) is 10.1 Å². The van der Waals surface area contributed by atoms with Crippen LogP contribution in [0.15, 0.2) is 18.2 Å². The van der Waals surface area contributed by atoms with Gasteiger partial charge in [-0.1, -0.05) is 0 Å². The number of nitrogens with zero attached hydrogens (tertiary/aromatic N) is 2. The van der Waals surface area contributed by atoms with Gasteiger partial charge < -0.3 is 15.7 Å². The van der Waals surface area contributed by atoms with Crippen molar-refractivity contribution >= 4 is 17.3 Å². The summed E-state index contributed by atoms with van der Waals surface area (Å²) < 4.78 is 37.1. The molecule has 0 heterocycles. The lowest BCUT2D eigenvalue weighted by molar-refractivity contribution is -0.384. The fourth-order valence-electron chi connectivity index (χ4n) is 1.68. The van der Waals surface area contributed by atoms with Gasteiger partial charge in [0.1, 0.15) is 0 Å². The number of non-ortho nitro benzene ring substituents is 1. The van der Waals surface area contributed by atoms with E-state index in [2.05, 4.69) is 0 Å². The van der Waals surface area contributed by atoms with E-state index in [1.807, 2.05) is 0 Å². The van der Waals surface area contributed by atoms with Gasteiger partial charge in [-0.2, -0.15) is 13.2 Å². The summed E-state index contributed by atoms with van der Waals surface area (Å²) in [5.74, 6) is -0.924. The maximum atomic E-state index is 12.4. The van der Waals surface area contributed by atoms with Crippen LogP contribution in [0.4, 0.5) is 24.5 Å². The van der Waals surface area contributed by atoms with Crippen molar-refractivity contribution in [2.45, 2.75) is 19.2 Å². The molecule has 0 aliphatic rings. The van der Waals surface area contributed by atoms with E-state index in [-0.39, 0.29) is 17.8 Å². The van der Waals surface area contributed by atoms with Gasteiger partial charge in [-0.3, -0.25) is 14.9 Å². The van der Waals surface area contributed by atoms with Gasteiger partial charge >= 0.3 is 6.18 Å². The number of likely N-dealkylation sites (N-methyl/N-ethyl adjacent to an activating group) is 1. The van der Waals surface area contributed by atoms with Crippen LogP contribution in [0.25, 0.3) is 0 Å². The highest BCUT2D eigenvalue weighted by atomic mass is 19.4. The van der Waals surface area contributed by atoms with E-state index in [0.717, 1.165) is 18.2 Å². The average molecular weight is 321 g/mol. The Hall–Kier alpha value is -2.36. The molecule has 122 valence electrons. The first-order valence-electron chi connectivity index (χ1n) is 6.15. The van der Waals surface area contributed by atoms with Crippen molar-refractivity contribution < 1.29 is 28.0 Å². The number of amides is 1. The molecule has 0 saturated carbocycles. The van der Waals surface area contributed by atoms with E-state index >= 15 is 0 Å². The molecule has 1 rings (SSSR count). The van der Waals surface area contributed by atoms with Crippen LogP contribution in [0.3, 0.4) is 0 Å². The third-order valence-corrected chi connectivity index (χ3v) is 2.92. The second-order valence-electron chi connectivity index (χ2n) is 4.43. The van der Waals surface area contributed by atoms with Gasteiger partial charge in [-0.25, -0.2) is 0 Å². The van der Waals surface area contributed by atoms with E-state index < -0.39 is 35.3 Å². The van der Waals surface area contributed by atoms with Crippen LogP contribution in [0.5, 0.6) is 0 Å². The quantitative estimate of drug-likeness (QED) is 0.486. The van der Waals surface area contributed by atoms with E-state index in [1.165, 1.54) is 6.92 Å². The molecule has 0 fully saturated rings. The lowest BCUT2D eigenvalue weighted by Gasteiger charge is -2.25. The number of carbonyl (C=O) groups excluding carboxylic acids is 1. The molecular weight excluding hydrogens is 307 g/mol. The lowest BCUT2D eigenvalue weighted by atomic mass is 10.1. The number of nitrogen functional groups attached to an aromatic ring is 1. The Bertz CT molecular complexity index is 577. The second kappa shape index (κ2) is 6.60. The fraction of sp³-hybridized carbons (Fsp3) is 0.417. The molecule has 0 aliphatic heterocycles. The van der Waals surface area contributed by atoms with Gasteiger partial charge in [-0.05, 0) is 13.0 Å². The van der Waals surface area contributed by atoms with Crippen LogP contribution < -0.4 is 5.73 Å². The molecular formula is C12H14F3N3O4. The molecule has 0 unspecified atom stereocenters. The van der Waals surface area contributed by atoms with Gasteiger partial charge in [0.15, 0.2) is 6.10 Å². The van der Waals surface area contributed by atoms with Crippen molar-refractivity contribution in [3.8, 4) is 0 Å². The topological polar surface area (TPSA) is 110 Å². The van der Waals surface area contributed by atoms with Gasteiger partial charge in [0.05, 0.1) is 17.0 Å². The summed E-state index contributed by atoms with van der Waals surface area (Å²) in [6.07, 6.45) is -7.58. The van der Waals surface area contributed by atoms with E-state index in [9.17, 15) is 28.1 Å². The minimum absolute atomic E-state index is 0.101. The largest absolute Gasteiger partial charge is 0.416 e. The van der Waals surface area contributed by atoms with E-state index in [4.69, 9.17) is 10.8 Å². The van der Waals surface area contributed by atoms with Crippen molar-refractivity contribution in [2.24, 2.45) is 0 Å². The molecule has 0 bridgehead atoms. The van der Waals surface area contributed by atoms with Gasteiger partial charge in [0, 0.05) is 24.4 Å². The monoisotopic (exact) mass is 321 g/mol. The smallest absolute Gasteiger partial charge is 0.398 e. The Morgan fingerprint density at radius 2 is 2.09 bits per heavy atom. The number of hydrogen-bond donors (Lipinski definition) is 2. The maximum Gasteiger partial charge on any atom is 0.416 e. The predicted molar refractivity (Wildman–Crippen MR) is 71.1 cm³/mol. The van der Waals surface area contributed by atoms with Gasteiger partial charge in [-0.15, -0.1) is 0 Å². The van der Waals surface area contributed by atoms with Gasteiger partial charge in [0.25, 0.3) is 11.6 Å². The number of nitrogens with two attached hydrogens (primary N) is 1.